The van der Waals surface area contributed by atoms with Gasteiger partial charge in [0.2, 0.25) is 0 Å². The third kappa shape index (κ3) is 3.34. The largest absolute Gasteiger partial charge is 0.346 e. The van der Waals surface area contributed by atoms with Crippen LogP contribution in [-0.2, 0) is 6.54 Å². The molecule has 7 heteroatoms. The van der Waals surface area contributed by atoms with Crippen LogP contribution in [0.2, 0.25) is 0 Å². The van der Waals surface area contributed by atoms with Crippen LogP contribution in [0.3, 0.4) is 0 Å². The van der Waals surface area contributed by atoms with Gasteiger partial charge in [-0.05, 0) is 31.2 Å². The molecule has 1 amide bonds. The highest BCUT2D eigenvalue weighted by Gasteiger charge is 2.11. The molecule has 0 fully saturated rings. The monoisotopic (exact) mass is 309 g/mol. The van der Waals surface area contributed by atoms with Gasteiger partial charge in [-0.15, -0.1) is 0 Å². The smallest absolute Gasteiger partial charge is 0.260 e. The van der Waals surface area contributed by atoms with Crippen LogP contribution in [0.1, 0.15) is 21.7 Å². The lowest BCUT2D eigenvalue weighted by atomic mass is 10.2. The SMILES string of the molecule is Cc1ccc(C(=O)NCc2cnn(-c3ccccc3)n2)c(=O)[nH]1. The first-order valence-electron chi connectivity index (χ1n) is 7.08. The first-order valence-corrected chi connectivity index (χ1v) is 7.08. The predicted octanol–water partition coefficient (Wildman–Crippen LogP) is 1.19. The Labute approximate surface area is 132 Å². The molecule has 3 rings (SSSR count). The summed E-state index contributed by atoms with van der Waals surface area (Å²) in [5.41, 5.74) is 1.81. The molecule has 0 aliphatic carbocycles. The summed E-state index contributed by atoms with van der Waals surface area (Å²) >= 11 is 0. The van der Waals surface area contributed by atoms with Gasteiger partial charge in [0.1, 0.15) is 11.3 Å². The van der Waals surface area contributed by atoms with Crippen molar-refractivity contribution in [1.29, 1.82) is 0 Å². The Bertz CT molecular complexity index is 883. The zero-order chi connectivity index (χ0) is 16.2. The summed E-state index contributed by atoms with van der Waals surface area (Å²) in [6.07, 6.45) is 1.58. The second-order valence-electron chi connectivity index (χ2n) is 5.03. The number of nitrogens with zero attached hydrogens (tertiary/aromatic N) is 3. The number of benzene rings is 1. The minimum absolute atomic E-state index is 0.0750. The van der Waals surface area contributed by atoms with Gasteiger partial charge in [-0.2, -0.15) is 15.0 Å². The molecule has 7 nitrogen and oxygen atoms in total. The lowest BCUT2D eigenvalue weighted by Crippen LogP contribution is -2.29. The van der Waals surface area contributed by atoms with Crippen molar-refractivity contribution in [1.82, 2.24) is 25.3 Å². The Morgan fingerprint density at radius 3 is 2.74 bits per heavy atom. The van der Waals surface area contributed by atoms with Gasteiger partial charge in [0.05, 0.1) is 18.4 Å². The minimum Gasteiger partial charge on any atom is -0.346 e. The molecule has 2 aromatic heterocycles. The highest BCUT2D eigenvalue weighted by atomic mass is 16.2. The molecule has 0 unspecified atom stereocenters. The highest BCUT2D eigenvalue weighted by Crippen LogP contribution is 2.04. The quantitative estimate of drug-likeness (QED) is 0.757. The number of hydrogen-bond donors (Lipinski definition) is 2. The van der Waals surface area contributed by atoms with E-state index in [1.165, 1.54) is 10.9 Å². The fourth-order valence-electron chi connectivity index (χ4n) is 2.08. The fourth-order valence-corrected chi connectivity index (χ4v) is 2.08. The molecule has 2 heterocycles. The molecular formula is C16H15N5O2. The Morgan fingerprint density at radius 1 is 1.22 bits per heavy atom. The summed E-state index contributed by atoms with van der Waals surface area (Å²) in [5, 5.41) is 11.1. The molecule has 3 aromatic rings. The second kappa shape index (κ2) is 6.27. The van der Waals surface area contributed by atoms with E-state index in [0.717, 1.165) is 5.69 Å². The third-order valence-electron chi connectivity index (χ3n) is 3.26. The minimum atomic E-state index is -0.444. The maximum Gasteiger partial charge on any atom is 0.260 e. The van der Waals surface area contributed by atoms with E-state index >= 15 is 0 Å². The molecule has 116 valence electrons. The topological polar surface area (TPSA) is 92.7 Å². The maximum absolute atomic E-state index is 12.0. The van der Waals surface area contributed by atoms with Gasteiger partial charge in [-0.3, -0.25) is 9.59 Å². The summed E-state index contributed by atoms with van der Waals surface area (Å²) in [4.78, 5) is 27.9. The molecule has 1 aromatic carbocycles. The lowest BCUT2D eigenvalue weighted by molar-refractivity contribution is 0.0949. The lowest BCUT2D eigenvalue weighted by Gasteiger charge is -2.03. The van der Waals surface area contributed by atoms with E-state index in [9.17, 15) is 9.59 Å². The molecule has 23 heavy (non-hydrogen) atoms. The number of carbonyl (C=O) groups is 1. The van der Waals surface area contributed by atoms with Gasteiger partial charge in [0, 0.05) is 5.69 Å². The number of para-hydroxylation sites is 1. The summed E-state index contributed by atoms with van der Waals surface area (Å²) in [6.45, 7) is 1.95. The average molecular weight is 309 g/mol. The Hall–Kier alpha value is -3.22. The second-order valence-corrected chi connectivity index (χ2v) is 5.03. The first-order chi connectivity index (χ1) is 11.1. The summed E-state index contributed by atoms with van der Waals surface area (Å²) < 4.78 is 0. The van der Waals surface area contributed by atoms with Crippen LogP contribution in [0.4, 0.5) is 0 Å². The number of aryl methyl sites for hydroxylation is 1. The van der Waals surface area contributed by atoms with Gasteiger partial charge in [-0.1, -0.05) is 18.2 Å². The van der Waals surface area contributed by atoms with E-state index in [4.69, 9.17) is 0 Å². The van der Waals surface area contributed by atoms with Crippen molar-refractivity contribution in [2.45, 2.75) is 13.5 Å². The van der Waals surface area contributed by atoms with E-state index in [-0.39, 0.29) is 12.1 Å². The number of amides is 1. The fraction of sp³-hybridized carbons (Fsp3) is 0.125. The molecular weight excluding hydrogens is 294 g/mol. The number of aromatic nitrogens is 4. The standard InChI is InChI=1S/C16H15N5O2/c1-11-7-8-14(16(23)19-11)15(22)17-9-12-10-18-21(20-12)13-5-3-2-4-6-13/h2-8,10H,9H2,1H3,(H,17,22)(H,19,23). The normalized spacial score (nSPS) is 10.5. The number of rotatable bonds is 4. The summed E-state index contributed by atoms with van der Waals surface area (Å²) in [6, 6.07) is 12.6. The van der Waals surface area contributed by atoms with Gasteiger partial charge < -0.3 is 10.3 Å². The number of hydrogen-bond acceptors (Lipinski definition) is 4. The van der Waals surface area contributed by atoms with Gasteiger partial charge in [0.25, 0.3) is 11.5 Å². The highest BCUT2D eigenvalue weighted by molar-refractivity contribution is 5.93. The summed E-state index contributed by atoms with van der Waals surface area (Å²) in [7, 11) is 0. The van der Waals surface area contributed by atoms with Crippen LogP contribution in [0.5, 0.6) is 0 Å². The Kier molecular flexibility index (Phi) is 4.01. The van der Waals surface area contributed by atoms with Crippen LogP contribution in [-0.4, -0.2) is 25.9 Å². The van der Waals surface area contributed by atoms with Crippen molar-refractivity contribution in [3.63, 3.8) is 0 Å². The van der Waals surface area contributed by atoms with E-state index < -0.39 is 11.5 Å². The van der Waals surface area contributed by atoms with Gasteiger partial charge >= 0.3 is 0 Å². The number of pyridine rings is 1. The van der Waals surface area contributed by atoms with Gasteiger partial charge in [-0.25, -0.2) is 0 Å². The van der Waals surface area contributed by atoms with Crippen LogP contribution in [0.25, 0.3) is 5.69 Å². The Balaban J connectivity index is 1.68. The van der Waals surface area contributed by atoms with Crippen molar-refractivity contribution in [2.75, 3.05) is 0 Å². The predicted molar refractivity (Wildman–Crippen MR) is 84.3 cm³/mol. The number of nitrogens with one attached hydrogen (secondary N) is 2. The van der Waals surface area contributed by atoms with Crippen molar-refractivity contribution in [2.24, 2.45) is 0 Å². The number of H-pyrrole nitrogens is 1. The molecule has 0 spiro atoms. The van der Waals surface area contributed by atoms with Crippen molar-refractivity contribution in [3.05, 3.63) is 76.0 Å². The molecule has 2 N–H and O–H groups in total. The van der Waals surface area contributed by atoms with E-state index in [0.29, 0.717) is 11.4 Å². The molecule has 0 aliphatic heterocycles. The van der Waals surface area contributed by atoms with E-state index in [2.05, 4.69) is 20.5 Å². The van der Waals surface area contributed by atoms with E-state index in [1.54, 1.807) is 19.2 Å². The number of carbonyl (C=O) groups excluding carboxylic acids is 1. The van der Waals surface area contributed by atoms with Crippen molar-refractivity contribution < 1.29 is 4.79 Å². The van der Waals surface area contributed by atoms with Crippen LogP contribution >= 0.6 is 0 Å². The third-order valence-corrected chi connectivity index (χ3v) is 3.26. The average Bonchev–Trinajstić information content (AvgIpc) is 3.02. The number of aromatic amines is 1. The van der Waals surface area contributed by atoms with Gasteiger partial charge in [0.15, 0.2) is 0 Å². The van der Waals surface area contributed by atoms with Crippen LogP contribution in [0.15, 0.2) is 53.5 Å². The van der Waals surface area contributed by atoms with Crippen molar-refractivity contribution in [3.8, 4) is 5.69 Å². The Morgan fingerprint density at radius 2 is 2.00 bits per heavy atom. The zero-order valence-electron chi connectivity index (χ0n) is 12.5. The summed E-state index contributed by atoms with van der Waals surface area (Å²) in [5.74, 6) is -0.444. The molecule has 0 saturated carbocycles. The molecule has 0 radical (unpaired) electrons. The molecule has 0 aliphatic rings. The molecule has 0 atom stereocenters. The molecule has 0 bridgehead atoms. The maximum atomic E-state index is 12.0. The van der Waals surface area contributed by atoms with Crippen LogP contribution in [0, 0.1) is 6.92 Å². The first kappa shape index (κ1) is 14.7. The zero-order valence-corrected chi connectivity index (χ0v) is 12.5. The van der Waals surface area contributed by atoms with Crippen molar-refractivity contribution >= 4 is 5.91 Å². The van der Waals surface area contributed by atoms with Crippen LogP contribution < -0.4 is 10.9 Å². The van der Waals surface area contributed by atoms with E-state index in [1.807, 2.05) is 30.3 Å². The molecule has 0 saturated heterocycles.